The van der Waals surface area contributed by atoms with Gasteiger partial charge in [-0.15, -0.1) is 6.58 Å². The molecule has 0 bridgehead atoms. The van der Waals surface area contributed by atoms with Crippen molar-refractivity contribution in [2.75, 3.05) is 0 Å². The smallest absolute Gasteiger partial charge is 0.158 e. The lowest BCUT2D eigenvalue weighted by Gasteiger charge is -2.37. The number of unbranched alkanes of at least 4 members (excludes halogenated alkanes) is 1. The number of hydrogen-bond donors (Lipinski definition) is 0. The first-order valence-electron chi connectivity index (χ1n) is 18.5. The van der Waals surface area contributed by atoms with Crippen LogP contribution >= 0.6 is 0 Å². The molecule has 0 heterocycles. The van der Waals surface area contributed by atoms with Gasteiger partial charge in [0, 0.05) is 42.9 Å². The quantitative estimate of drug-likeness (QED) is 0.0794. The summed E-state index contributed by atoms with van der Waals surface area (Å²) >= 11 is 0. The van der Waals surface area contributed by atoms with Crippen LogP contribution in [-0.4, -0.2) is 23.1 Å². The average molecular weight is 659 g/mol. The Bertz CT molecular complexity index is 1380. The van der Waals surface area contributed by atoms with E-state index in [2.05, 4.69) is 99.2 Å². The lowest BCUT2D eigenvalue weighted by atomic mass is 9.65. The van der Waals surface area contributed by atoms with Crippen LogP contribution in [0.3, 0.4) is 0 Å². The van der Waals surface area contributed by atoms with Crippen molar-refractivity contribution in [2.24, 2.45) is 40.4 Å². The highest BCUT2D eigenvalue weighted by Gasteiger charge is 2.43. The minimum absolute atomic E-state index is 0.0270. The van der Waals surface area contributed by atoms with E-state index in [1.54, 1.807) is 6.92 Å². The van der Waals surface area contributed by atoms with E-state index in [-0.39, 0.29) is 71.5 Å². The van der Waals surface area contributed by atoms with Gasteiger partial charge in [-0.05, 0) is 91.4 Å². The first-order chi connectivity index (χ1) is 22.2. The molecular weight excluding hydrogens is 592 g/mol. The van der Waals surface area contributed by atoms with E-state index in [4.69, 9.17) is 0 Å². The topological polar surface area (TPSA) is 68.3 Å². The lowest BCUT2D eigenvalue weighted by molar-refractivity contribution is -0.134. The van der Waals surface area contributed by atoms with Gasteiger partial charge in [0.25, 0.3) is 0 Å². The van der Waals surface area contributed by atoms with Crippen LogP contribution in [0.1, 0.15) is 151 Å². The third-order valence-corrected chi connectivity index (χ3v) is 11.0. The summed E-state index contributed by atoms with van der Waals surface area (Å²) in [5.74, 6) is -0.354. The van der Waals surface area contributed by atoms with Gasteiger partial charge in [-0.1, -0.05) is 111 Å². The van der Waals surface area contributed by atoms with Crippen LogP contribution in [-0.2, 0) is 19.2 Å². The highest BCUT2D eigenvalue weighted by atomic mass is 16.1. The Morgan fingerprint density at radius 2 is 1.48 bits per heavy atom. The molecule has 1 aliphatic carbocycles. The zero-order chi connectivity index (χ0) is 36.6. The fourth-order valence-electron chi connectivity index (χ4n) is 7.63. The molecule has 0 radical (unpaired) electrons. The summed E-state index contributed by atoms with van der Waals surface area (Å²) in [6.45, 7) is 28.3. The molecule has 4 nitrogen and oxygen atoms in total. The van der Waals surface area contributed by atoms with Gasteiger partial charge < -0.3 is 0 Å². The van der Waals surface area contributed by atoms with Crippen molar-refractivity contribution >= 4 is 28.7 Å². The SMILES string of the molecule is C=C(C)CCCCC(CC(=O)/C(C)=C/C(CC(=O)C(CC(=O)C(CC)C(C)(C)C1=CC(C)c2ccccc21)C(C)(C)C)C(C)C)C(C)=O. The van der Waals surface area contributed by atoms with Crippen LogP contribution < -0.4 is 0 Å². The second-order valence-electron chi connectivity index (χ2n) is 16.8. The summed E-state index contributed by atoms with van der Waals surface area (Å²) in [4.78, 5) is 54.1. The average Bonchev–Trinajstić information content (AvgIpc) is 3.33. The molecule has 5 atom stereocenters. The van der Waals surface area contributed by atoms with Crippen LogP contribution in [0.2, 0.25) is 0 Å². The van der Waals surface area contributed by atoms with Crippen molar-refractivity contribution in [3.05, 3.63) is 65.3 Å². The second-order valence-corrected chi connectivity index (χ2v) is 16.8. The van der Waals surface area contributed by atoms with Crippen LogP contribution in [0.5, 0.6) is 0 Å². The number of rotatable bonds is 20. The Kier molecular flexibility index (Phi) is 15.2. The minimum Gasteiger partial charge on any atom is -0.300 e. The standard InChI is InChI=1S/C44H66O4/c1-14-37(44(12,13)38-24-30(6)35-21-17-18-22-36(35)38)42(48)27-39(43(9,10)11)41(47)26-34(29(4)5)23-31(7)40(46)25-33(32(8)45)20-16-15-19-28(2)3/h17-18,21-24,29-30,33-34,37,39H,2,14-16,19-20,25-27H2,1,3-13H3/b31-23+. The van der Waals surface area contributed by atoms with E-state index in [9.17, 15) is 19.2 Å². The first-order valence-corrected chi connectivity index (χ1v) is 18.5. The number of allylic oxidation sites excluding steroid dienone is 5. The van der Waals surface area contributed by atoms with Gasteiger partial charge in [0.05, 0.1) is 0 Å². The first kappa shape index (κ1) is 41.3. The number of fused-ring (bicyclic) bond motifs is 1. The maximum Gasteiger partial charge on any atom is 0.158 e. The van der Waals surface area contributed by atoms with Crippen LogP contribution in [0.4, 0.5) is 0 Å². The molecule has 48 heavy (non-hydrogen) atoms. The van der Waals surface area contributed by atoms with E-state index in [0.29, 0.717) is 24.3 Å². The van der Waals surface area contributed by atoms with E-state index in [1.165, 1.54) is 16.7 Å². The Balaban J connectivity index is 2.23. The summed E-state index contributed by atoms with van der Waals surface area (Å²) in [5, 5.41) is 0. The second kappa shape index (κ2) is 17.7. The van der Waals surface area contributed by atoms with Gasteiger partial charge in [0.1, 0.15) is 17.3 Å². The van der Waals surface area contributed by atoms with Gasteiger partial charge in [0.15, 0.2) is 5.78 Å². The zero-order valence-corrected chi connectivity index (χ0v) is 32.4. The highest BCUT2D eigenvalue weighted by Crippen LogP contribution is 2.50. The van der Waals surface area contributed by atoms with Gasteiger partial charge in [-0.3, -0.25) is 19.2 Å². The Morgan fingerprint density at radius 3 is 2.02 bits per heavy atom. The van der Waals surface area contributed by atoms with Gasteiger partial charge in [0.2, 0.25) is 0 Å². The van der Waals surface area contributed by atoms with E-state index in [1.807, 2.05) is 19.9 Å². The van der Waals surface area contributed by atoms with Crippen molar-refractivity contribution in [2.45, 2.75) is 140 Å². The van der Waals surface area contributed by atoms with Crippen LogP contribution in [0.25, 0.3) is 5.57 Å². The van der Waals surface area contributed by atoms with Crippen LogP contribution in [0, 0.1) is 40.4 Å². The van der Waals surface area contributed by atoms with E-state index < -0.39 is 11.3 Å². The molecular formula is C44H66O4. The zero-order valence-electron chi connectivity index (χ0n) is 32.4. The summed E-state index contributed by atoms with van der Waals surface area (Å²) < 4.78 is 0. The Morgan fingerprint density at radius 1 is 0.875 bits per heavy atom. The highest BCUT2D eigenvalue weighted by molar-refractivity contribution is 5.98. The molecule has 0 saturated heterocycles. The molecule has 0 N–H and O–H groups in total. The fraction of sp³-hybridized carbons (Fsp3) is 0.636. The third kappa shape index (κ3) is 11.1. The molecule has 0 aliphatic heterocycles. The molecule has 4 heteroatoms. The maximum atomic E-state index is 14.2. The van der Waals surface area contributed by atoms with Gasteiger partial charge in [-0.25, -0.2) is 0 Å². The number of benzene rings is 1. The molecule has 0 aromatic heterocycles. The van der Waals surface area contributed by atoms with Crippen molar-refractivity contribution in [3.8, 4) is 0 Å². The molecule has 2 rings (SSSR count). The fourth-order valence-corrected chi connectivity index (χ4v) is 7.63. The van der Waals surface area contributed by atoms with Crippen molar-refractivity contribution in [1.82, 2.24) is 0 Å². The molecule has 0 saturated carbocycles. The molecule has 0 spiro atoms. The number of Topliss-reactive ketones (excluding diaryl/α,β-unsaturated/α-hetero) is 4. The molecule has 1 aromatic carbocycles. The molecule has 266 valence electrons. The maximum absolute atomic E-state index is 14.2. The van der Waals surface area contributed by atoms with Crippen molar-refractivity contribution in [3.63, 3.8) is 0 Å². The summed E-state index contributed by atoms with van der Waals surface area (Å²) in [5.41, 5.74) is 4.76. The summed E-state index contributed by atoms with van der Waals surface area (Å²) in [7, 11) is 0. The number of carbonyl (C=O) groups excluding carboxylic acids is 4. The Hall–Kier alpha value is -2.88. The normalized spacial score (nSPS) is 17.7. The minimum atomic E-state index is -0.425. The number of carbonyl (C=O) groups is 4. The molecule has 1 aliphatic rings. The largest absolute Gasteiger partial charge is 0.300 e. The van der Waals surface area contributed by atoms with Crippen molar-refractivity contribution in [1.29, 1.82) is 0 Å². The predicted molar refractivity (Wildman–Crippen MR) is 202 cm³/mol. The predicted octanol–water partition coefficient (Wildman–Crippen LogP) is 11.3. The summed E-state index contributed by atoms with van der Waals surface area (Å²) in [6.07, 6.45) is 9.18. The monoisotopic (exact) mass is 658 g/mol. The molecule has 0 fully saturated rings. The molecule has 0 amide bonds. The van der Waals surface area contributed by atoms with Crippen molar-refractivity contribution < 1.29 is 19.2 Å². The molecule has 5 unspecified atom stereocenters. The van der Waals surface area contributed by atoms with Crippen LogP contribution in [0.15, 0.2) is 54.1 Å². The van der Waals surface area contributed by atoms with Gasteiger partial charge in [-0.2, -0.15) is 0 Å². The lowest BCUT2D eigenvalue weighted by Crippen LogP contribution is -2.37. The van der Waals surface area contributed by atoms with E-state index in [0.717, 1.165) is 24.8 Å². The number of hydrogen-bond acceptors (Lipinski definition) is 4. The summed E-state index contributed by atoms with van der Waals surface area (Å²) in [6, 6.07) is 8.50. The van der Waals surface area contributed by atoms with Gasteiger partial charge >= 0.3 is 0 Å². The van der Waals surface area contributed by atoms with E-state index >= 15 is 0 Å². The Labute approximate surface area is 293 Å². The third-order valence-electron chi connectivity index (χ3n) is 11.0. The number of ketones is 4. The molecule has 1 aromatic rings.